The first-order valence-electron chi connectivity index (χ1n) is 13.8. The van der Waals surface area contributed by atoms with E-state index in [0.29, 0.717) is 16.7 Å². The van der Waals surface area contributed by atoms with E-state index in [2.05, 4.69) is 0 Å². The first-order valence-corrected chi connectivity index (χ1v) is 13.8. The summed E-state index contributed by atoms with van der Waals surface area (Å²) < 4.78 is 11.6. The molecule has 1 aliphatic heterocycles. The highest BCUT2D eigenvalue weighted by Gasteiger charge is 2.81. The molecule has 4 aromatic rings. The number of Topliss-reactive ketones (excluding diaryl/α,β-unsaturated/α-hetero) is 1. The molecule has 2 unspecified atom stereocenters. The van der Waals surface area contributed by atoms with Gasteiger partial charge < -0.3 is 9.47 Å². The molecule has 1 heterocycles. The van der Waals surface area contributed by atoms with E-state index in [1.165, 1.54) is 5.01 Å². The Bertz CT molecular complexity index is 1660. The normalized spacial score (nSPS) is 21.0. The lowest BCUT2D eigenvalue weighted by Crippen LogP contribution is -2.86. The van der Waals surface area contributed by atoms with Crippen LogP contribution in [0, 0.1) is 0 Å². The number of amides is 2. The Balaban J connectivity index is 1.49. The van der Waals surface area contributed by atoms with Gasteiger partial charge in [0.05, 0.1) is 0 Å². The predicted octanol–water partition coefficient (Wildman–Crippen LogP) is 6.90. The minimum Gasteiger partial charge on any atom is -0.443 e. The molecular formula is C35H30N2O5. The zero-order valence-corrected chi connectivity index (χ0v) is 23.4. The molecule has 2 amide bonds. The Morgan fingerprint density at radius 2 is 1.07 bits per heavy atom. The van der Waals surface area contributed by atoms with Gasteiger partial charge >= 0.3 is 12.2 Å². The number of carbonyl (C=O) groups excluding carboxylic acids is 3. The van der Waals surface area contributed by atoms with Crippen LogP contribution in [0.15, 0.2) is 127 Å². The van der Waals surface area contributed by atoms with Crippen LogP contribution in [0.2, 0.25) is 0 Å². The highest BCUT2D eigenvalue weighted by molar-refractivity contribution is 6.20. The topological polar surface area (TPSA) is 76.2 Å². The quantitative estimate of drug-likeness (QED) is 0.257. The van der Waals surface area contributed by atoms with Crippen molar-refractivity contribution in [1.82, 2.24) is 10.0 Å². The van der Waals surface area contributed by atoms with Gasteiger partial charge in [0.1, 0.15) is 13.2 Å². The van der Waals surface area contributed by atoms with Crippen molar-refractivity contribution in [2.75, 3.05) is 0 Å². The maximum absolute atomic E-state index is 14.3. The summed E-state index contributed by atoms with van der Waals surface area (Å²) in [6.45, 7) is 3.41. The number of ether oxygens (including phenoxy) is 2. The lowest BCUT2D eigenvalue weighted by molar-refractivity contribution is -0.238. The van der Waals surface area contributed by atoms with Gasteiger partial charge in [-0.3, -0.25) is 4.79 Å². The number of hydrogen-bond donors (Lipinski definition) is 0. The monoisotopic (exact) mass is 558 g/mol. The molecule has 2 aliphatic rings. The zero-order valence-electron chi connectivity index (χ0n) is 23.4. The predicted molar refractivity (Wildman–Crippen MR) is 157 cm³/mol. The molecule has 0 spiro atoms. The van der Waals surface area contributed by atoms with Crippen LogP contribution in [0.25, 0.3) is 5.57 Å². The molecule has 1 fully saturated rings. The summed E-state index contributed by atoms with van der Waals surface area (Å²) in [4.78, 5) is 42.4. The average Bonchev–Trinajstić information content (AvgIpc) is 3.17. The van der Waals surface area contributed by atoms with E-state index in [-0.39, 0.29) is 19.0 Å². The summed E-state index contributed by atoms with van der Waals surface area (Å²) in [5, 5.41) is 2.41. The molecule has 0 radical (unpaired) electrons. The molecule has 0 bridgehead atoms. The van der Waals surface area contributed by atoms with E-state index in [0.717, 1.165) is 21.7 Å². The third-order valence-corrected chi connectivity index (χ3v) is 8.18. The molecule has 2 atom stereocenters. The standard InChI is InChI=1S/C35H30N2O5/c1-25-30(28-19-11-5-12-20-28)35(29-21-13-6-14-22-29)34(2,31(25)38)36(32(39)41-23-26-15-7-3-8-16-26)37(35)33(40)42-24-27-17-9-4-10-18-27/h3-22H,23-24H2,1-2H3. The molecule has 7 heteroatoms. The van der Waals surface area contributed by atoms with Crippen molar-refractivity contribution in [3.63, 3.8) is 0 Å². The van der Waals surface area contributed by atoms with Crippen LogP contribution in [0.5, 0.6) is 0 Å². The SMILES string of the molecule is CC1=C(c2ccccc2)C2(c3ccccc3)N(C(=O)OCc3ccccc3)N(C(=O)OCc3ccccc3)C2(C)C1=O. The summed E-state index contributed by atoms with van der Waals surface area (Å²) in [5.41, 5.74) is 1.27. The maximum Gasteiger partial charge on any atom is 0.430 e. The van der Waals surface area contributed by atoms with Crippen LogP contribution in [0.1, 0.15) is 36.1 Å². The fraction of sp³-hybridized carbons (Fsp3) is 0.171. The first-order chi connectivity index (χ1) is 20.4. The minimum atomic E-state index is -1.50. The Hall–Kier alpha value is -5.17. The van der Waals surface area contributed by atoms with Crippen LogP contribution >= 0.6 is 0 Å². The molecule has 7 nitrogen and oxygen atoms in total. The number of ketones is 1. The lowest BCUT2D eigenvalue weighted by Gasteiger charge is -2.66. The van der Waals surface area contributed by atoms with E-state index in [4.69, 9.17) is 9.47 Å². The fourth-order valence-corrected chi connectivity index (χ4v) is 6.33. The summed E-state index contributed by atoms with van der Waals surface area (Å²) in [7, 11) is 0. The Morgan fingerprint density at radius 3 is 1.57 bits per heavy atom. The van der Waals surface area contributed by atoms with E-state index in [9.17, 15) is 14.4 Å². The second-order valence-corrected chi connectivity index (χ2v) is 10.5. The van der Waals surface area contributed by atoms with Gasteiger partial charge in [-0.1, -0.05) is 121 Å². The largest absolute Gasteiger partial charge is 0.443 e. The first kappa shape index (κ1) is 27.0. The average molecular weight is 559 g/mol. The van der Waals surface area contributed by atoms with Gasteiger partial charge in [0.25, 0.3) is 0 Å². The highest BCUT2D eigenvalue weighted by atomic mass is 16.6. The molecule has 0 saturated carbocycles. The van der Waals surface area contributed by atoms with Crippen LogP contribution in [-0.4, -0.2) is 33.5 Å². The van der Waals surface area contributed by atoms with Gasteiger partial charge in [-0.2, -0.15) is 10.0 Å². The number of fused-ring (bicyclic) bond motifs is 1. The molecule has 6 rings (SSSR count). The van der Waals surface area contributed by atoms with Crippen LogP contribution in [0.4, 0.5) is 9.59 Å². The van der Waals surface area contributed by atoms with Crippen molar-refractivity contribution in [1.29, 1.82) is 0 Å². The van der Waals surface area contributed by atoms with Gasteiger partial charge in [0.15, 0.2) is 16.9 Å². The Morgan fingerprint density at radius 1 is 0.643 bits per heavy atom. The Labute approximate surface area is 244 Å². The minimum absolute atomic E-state index is 0.0119. The smallest absolute Gasteiger partial charge is 0.430 e. The number of rotatable bonds is 6. The molecule has 4 aromatic carbocycles. The molecular weight excluding hydrogens is 528 g/mol. The second-order valence-electron chi connectivity index (χ2n) is 10.5. The third-order valence-electron chi connectivity index (χ3n) is 8.18. The third kappa shape index (κ3) is 4.00. The van der Waals surface area contributed by atoms with E-state index >= 15 is 0 Å². The van der Waals surface area contributed by atoms with Crippen LogP contribution in [-0.2, 0) is 33.0 Å². The number of nitrogens with zero attached hydrogens (tertiary/aromatic N) is 2. The summed E-state index contributed by atoms with van der Waals surface area (Å²) in [6.07, 6.45) is -1.59. The van der Waals surface area contributed by atoms with E-state index in [1.54, 1.807) is 13.8 Å². The van der Waals surface area contributed by atoms with Crippen molar-refractivity contribution in [3.05, 3.63) is 149 Å². The van der Waals surface area contributed by atoms with E-state index < -0.39 is 23.3 Å². The van der Waals surface area contributed by atoms with Crippen molar-refractivity contribution in [2.24, 2.45) is 0 Å². The number of hydrogen-bond acceptors (Lipinski definition) is 5. The van der Waals surface area contributed by atoms with Crippen LogP contribution in [0.3, 0.4) is 0 Å². The second kappa shape index (κ2) is 10.7. The van der Waals surface area contributed by atoms with Crippen molar-refractivity contribution in [3.8, 4) is 0 Å². The highest BCUT2D eigenvalue weighted by Crippen LogP contribution is 2.65. The number of benzene rings is 4. The fourth-order valence-electron chi connectivity index (χ4n) is 6.33. The molecule has 1 aliphatic carbocycles. The molecule has 0 N–H and O–H groups in total. The number of hydrazine groups is 1. The van der Waals surface area contributed by atoms with Gasteiger partial charge in [-0.25, -0.2) is 9.59 Å². The number of carbonyl (C=O) groups is 3. The molecule has 1 saturated heterocycles. The van der Waals surface area contributed by atoms with Gasteiger partial charge in [0, 0.05) is 11.1 Å². The summed E-state index contributed by atoms with van der Waals surface area (Å²) >= 11 is 0. The van der Waals surface area contributed by atoms with Gasteiger partial charge in [0.2, 0.25) is 0 Å². The van der Waals surface area contributed by atoms with Gasteiger partial charge in [-0.05, 0) is 36.1 Å². The molecule has 210 valence electrons. The van der Waals surface area contributed by atoms with Crippen LogP contribution < -0.4 is 0 Å². The Kier molecular flexibility index (Phi) is 6.86. The van der Waals surface area contributed by atoms with Gasteiger partial charge in [-0.15, -0.1) is 0 Å². The van der Waals surface area contributed by atoms with Crippen molar-refractivity contribution < 1.29 is 23.9 Å². The molecule has 0 aromatic heterocycles. The zero-order chi connectivity index (χ0) is 29.3. The maximum atomic E-state index is 14.3. The van der Waals surface area contributed by atoms with E-state index in [1.807, 2.05) is 121 Å². The van der Waals surface area contributed by atoms with Crippen molar-refractivity contribution >= 4 is 23.5 Å². The molecule has 42 heavy (non-hydrogen) atoms. The summed E-state index contributed by atoms with van der Waals surface area (Å²) in [5.74, 6) is -0.269. The lowest BCUT2D eigenvalue weighted by atomic mass is 9.65. The van der Waals surface area contributed by atoms with Crippen molar-refractivity contribution in [2.45, 2.75) is 38.1 Å². The summed E-state index contributed by atoms with van der Waals surface area (Å²) in [6, 6.07) is 37.4.